The summed E-state index contributed by atoms with van der Waals surface area (Å²) in [6.07, 6.45) is 5.96. The lowest BCUT2D eigenvalue weighted by Crippen LogP contribution is -1.96. The van der Waals surface area contributed by atoms with Crippen LogP contribution in [0.1, 0.15) is 0 Å². The summed E-state index contributed by atoms with van der Waals surface area (Å²) < 4.78 is 14.8. The maximum absolute atomic E-state index is 14.8. The highest BCUT2D eigenvalue weighted by Crippen LogP contribution is 2.33. The van der Waals surface area contributed by atoms with Crippen molar-refractivity contribution in [2.75, 3.05) is 11.5 Å². The second-order valence-corrected chi connectivity index (χ2v) is 5.90. The maximum Gasteiger partial charge on any atom is 0.142 e. The van der Waals surface area contributed by atoms with Crippen LogP contribution in [0.25, 0.3) is 33.6 Å². The summed E-state index contributed by atoms with van der Waals surface area (Å²) in [5.74, 6) is 0.207. The highest BCUT2D eigenvalue weighted by molar-refractivity contribution is 5.82. The molecule has 0 spiro atoms. The summed E-state index contributed by atoms with van der Waals surface area (Å²) in [4.78, 5) is 16.5. The quantitative estimate of drug-likeness (QED) is 0.580. The molecule has 0 bridgehead atoms. The molecule has 0 saturated heterocycles. The number of halogens is 1. The highest BCUT2D eigenvalue weighted by atomic mass is 19.1. The van der Waals surface area contributed by atoms with Crippen LogP contribution in [0.5, 0.6) is 0 Å². The first-order chi connectivity index (χ1) is 13.1. The number of benzene rings is 2. The van der Waals surface area contributed by atoms with Gasteiger partial charge in [-0.3, -0.25) is 9.97 Å². The van der Waals surface area contributed by atoms with Gasteiger partial charge in [-0.05, 0) is 23.3 Å². The summed E-state index contributed by atoms with van der Waals surface area (Å²) in [6.45, 7) is 0. The molecular formula is C20H15FN6. The minimum atomic E-state index is -0.403. The smallest absolute Gasteiger partial charge is 0.142 e. The van der Waals surface area contributed by atoms with E-state index in [1.165, 1.54) is 24.7 Å². The van der Waals surface area contributed by atoms with Crippen molar-refractivity contribution in [1.29, 1.82) is 0 Å². The van der Waals surface area contributed by atoms with Crippen LogP contribution in [-0.2, 0) is 0 Å². The summed E-state index contributed by atoms with van der Waals surface area (Å²) >= 11 is 0. The van der Waals surface area contributed by atoms with Crippen molar-refractivity contribution in [1.82, 2.24) is 19.9 Å². The summed E-state index contributed by atoms with van der Waals surface area (Å²) in [6, 6.07) is 12.5. The molecule has 2 aromatic carbocycles. The van der Waals surface area contributed by atoms with Crippen molar-refractivity contribution >= 4 is 11.6 Å². The van der Waals surface area contributed by atoms with Crippen molar-refractivity contribution < 1.29 is 4.39 Å². The Hall–Kier alpha value is -3.87. The van der Waals surface area contributed by atoms with Crippen LogP contribution < -0.4 is 11.5 Å². The predicted octanol–water partition coefficient (Wildman–Crippen LogP) is 3.57. The molecule has 0 unspecified atom stereocenters. The Bertz CT molecular complexity index is 1110. The molecule has 0 fully saturated rings. The van der Waals surface area contributed by atoms with Crippen molar-refractivity contribution in [2.24, 2.45) is 0 Å². The van der Waals surface area contributed by atoms with Gasteiger partial charge in [0, 0.05) is 11.1 Å². The lowest BCUT2D eigenvalue weighted by molar-refractivity contribution is 0.631. The molecule has 0 aliphatic carbocycles. The number of hydrogen-bond donors (Lipinski definition) is 2. The maximum atomic E-state index is 14.8. The van der Waals surface area contributed by atoms with Gasteiger partial charge in [0.25, 0.3) is 0 Å². The summed E-state index contributed by atoms with van der Waals surface area (Å²) in [5.41, 5.74) is 15.0. The third-order valence-corrected chi connectivity index (χ3v) is 4.08. The molecular weight excluding hydrogens is 343 g/mol. The number of nitrogen functional groups attached to an aromatic ring is 2. The van der Waals surface area contributed by atoms with Gasteiger partial charge in [0.05, 0.1) is 36.2 Å². The molecule has 0 aliphatic rings. The Kier molecular flexibility index (Phi) is 4.18. The number of rotatable bonds is 3. The van der Waals surface area contributed by atoms with E-state index in [9.17, 15) is 4.39 Å². The van der Waals surface area contributed by atoms with Crippen LogP contribution in [-0.4, -0.2) is 19.9 Å². The zero-order chi connectivity index (χ0) is 18.8. The van der Waals surface area contributed by atoms with E-state index < -0.39 is 5.82 Å². The largest absolute Gasteiger partial charge is 0.382 e. The van der Waals surface area contributed by atoms with Gasteiger partial charge < -0.3 is 11.5 Å². The Labute approximate surface area is 154 Å². The fraction of sp³-hybridized carbons (Fsp3) is 0. The van der Waals surface area contributed by atoms with Crippen LogP contribution >= 0.6 is 0 Å². The van der Waals surface area contributed by atoms with Crippen LogP contribution in [0.2, 0.25) is 0 Å². The zero-order valence-electron chi connectivity index (χ0n) is 14.2. The van der Waals surface area contributed by atoms with Crippen LogP contribution in [0.4, 0.5) is 16.0 Å². The van der Waals surface area contributed by atoms with Crippen molar-refractivity contribution in [3.8, 4) is 33.6 Å². The van der Waals surface area contributed by atoms with Gasteiger partial charge in [-0.15, -0.1) is 0 Å². The first-order valence-corrected chi connectivity index (χ1v) is 8.16. The molecule has 4 N–H and O–H groups in total. The fourth-order valence-corrected chi connectivity index (χ4v) is 2.84. The summed E-state index contributed by atoms with van der Waals surface area (Å²) in [5, 5.41) is 0. The van der Waals surface area contributed by atoms with E-state index in [1.807, 2.05) is 30.3 Å². The average Bonchev–Trinajstić information content (AvgIpc) is 2.69. The van der Waals surface area contributed by atoms with E-state index in [2.05, 4.69) is 19.9 Å². The van der Waals surface area contributed by atoms with Crippen LogP contribution in [0.15, 0.2) is 67.3 Å². The van der Waals surface area contributed by atoms with E-state index in [0.717, 1.165) is 11.1 Å². The molecule has 6 nitrogen and oxygen atoms in total. The first kappa shape index (κ1) is 16.6. The van der Waals surface area contributed by atoms with E-state index in [4.69, 9.17) is 11.5 Å². The average molecular weight is 358 g/mol. The molecule has 0 radical (unpaired) electrons. The number of nitrogens with two attached hydrogens (primary N) is 2. The van der Waals surface area contributed by atoms with Crippen LogP contribution in [0.3, 0.4) is 0 Å². The van der Waals surface area contributed by atoms with Gasteiger partial charge in [0.15, 0.2) is 0 Å². The van der Waals surface area contributed by atoms with Crippen molar-refractivity contribution in [3.63, 3.8) is 0 Å². The fourth-order valence-electron chi connectivity index (χ4n) is 2.84. The topological polar surface area (TPSA) is 104 Å². The Morgan fingerprint density at radius 3 is 2.22 bits per heavy atom. The number of nitrogens with zero attached hydrogens (tertiary/aromatic N) is 4. The minimum absolute atomic E-state index is 0.285. The van der Waals surface area contributed by atoms with Gasteiger partial charge in [-0.2, -0.15) is 0 Å². The Morgan fingerprint density at radius 1 is 0.704 bits per heavy atom. The lowest BCUT2D eigenvalue weighted by atomic mass is 9.96. The molecule has 27 heavy (non-hydrogen) atoms. The highest BCUT2D eigenvalue weighted by Gasteiger charge is 2.13. The molecule has 2 heterocycles. The van der Waals surface area contributed by atoms with Crippen molar-refractivity contribution in [2.45, 2.75) is 0 Å². The van der Waals surface area contributed by atoms with Crippen molar-refractivity contribution in [3.05, 3.63) is 73.1 Å². The van der Waals surface area contributed by atoms with E-state index in [1.54, 1.807) is 12.3 Å². The molecule has 0 saturated carbocycles. The Morgan fingerprint density at radius 2 is 1.52 bits per heavy atom. The van der Waals surface area contributed by atoms with Gasteiger partial charge in [0.2, 0.25) is 0 Å². The third-order valence-electron chi connectivity index (χ3n) is 4.08. The monoisotopic (exact) mass is 358 g/mol. The van der Waals surface area contributed by atoms with Gasteiger partial charge in [0.1, 0.15) is 17.5 Å². The molecule has 7 heteroatoms. The number of anilines is 2. The van der Waals surface area contributed by atoms with Gasteiger partial charge in [-0.25, -0.2) is 14.4 Å². The van der Waals surface area contributed by atoms with E-state index >= 15 is 0 Å². The second kappa shape index (κ2) is 6.80. The lowest BCUT2D eigenvalue weighted by Gasteiger charge is -2.11. The van der Waals surface area contributed by atoms with Gasteiger partial charge in [-0.1, -0.05) is 30.3 Å². The predicted molar refractivity (Wildman–Crippen MR) is 103 cm³/mol. The molecule has 0 aliphatic heterocycles. The second-order valence-electron chi connectivity index (χ2n) is 5.90. The zero-order valence-corrected chi connectivity index (χ0v) is 14.2. The molecule has 4 aromatic rings. The SMILES string of the molecule is Nc1cnc(-c2ccc(-c3ccccc3-c3cncc(N)n3)cc2F)cn1. The molecule has 4 rings (SSSR count). The number of aromatic nitrogens is 4. The molecule has 132 valence electrons. The van der Waals surface area contributed by atoms with Crippen LogP contribution in [0, 0.1) is 5.82 Å². The van der Waals surface area contributed by atoms with E-state index in [-0.39, 0.29) is 5.82 Å². The normalized spacial score (nSPS) is 10.7. The van der Waals surface area contributed by atoms with Gasteiger partial charge >= 0.3 is 0 Å². The Balaban J connectivity index is 1.79. The molecule has 0 atom stereocenters. The first-order valence-electron chi connectivity index (χ1n) is 8.16. The standard InChI is InChI=1S/C20H15FN6/c21-16-7-12(5-6-15(16)17-9-26-19(22)11-25-17)13-3-1-2-4-14(13)18-8-24-10-20(23)27-18/h1-11H,(H2,22,26)(H2,23,27). The molecule has 2 aromatic heterocycles. The number of hydrogen-bond acceptors (Lipinski definition) is 6. The minimum Gasteiger partial charge on any atom is -0.382 e. The third kappa shape index (κ3) is 3.30. The van der Waals surface area contributed by atoms with E-state index in [0.29, 0.717) is 28.3 Å². The molecule has 0 amide bonds. The summed E-state index contributed by atoms with van der Waals surface area (Å²) in [7, 11) is 0.